The lowest BCUT2D eigenvalue weighted by molar-refractivity contribution is 0.283. The van der Waals surface area contributed by atoms with Crippen LogP contribution in [-0.2, 0) is 12.0 Å². The molecule has 0 saturated heterocycles. The highest BCUT2D eigenvalue weighted by molar-refractivity contribution is 5.32. The van der Waals surface area contributed by atoms with Gasteiger partial charge in [-0.25, -0.2) is 0 Å². The maximum absolute atomic E-state index is 5.96. The van der Waals surface area contributed by atoms with Gasteiger partial charge >= 0.3 is 0 Å². The average molecular weight is 339 g/mol. The normalized spacial score (nSPS) is 12.5. The molecule has 0 aromatic heterocycles. The Morgan fingerprint density at radius 3 is 1.84 bits per heavy atom. The van der Waals surface area contributed by atoms with Crippen LogP contribution in [-0.4, -0.2) is 0 Å². The molecule has 0 aliphatic carbocycles. The Morgan fingerprint density at radius 2 is 1.36 bits per heavy atom. The summed E-state index contributed by atoms with van der Waals surface area (Å²) in [7, 11) is 0. The molecule has 0 atom stereocenters. The molecule has 1 nitrogen and oxygen atoms in total. The van der Waals surface area contributed by atoms with E-state index in [9.17, 15) is 0 Å². The van der Waals surface area contributed by atoms with Gasteiger partial charge in [0.25, 0.3) is 0 Å². The lowest BCUT2D eigenvalue weighted by Crippen LogP contribution is -2.24. The molecule has 0 radical (unpaired) electrons. The van der Waals surface area contributed by atoms with Gasteiger partial charge in [0, 0.05) is 0 Å². The number of ether oxygens (including phenoxy) is 1. The first kappa shape index (κ1) is 19.6. The largest absolute Gasteiger partial charge is 0.489 e. The van der Waals surface area contributed by atoms with Gasteiger partial charge < -0.3 is 4.74 Å². The monoisotopic (exact) mass is 338 g/mol. The summed E-state index contributed by atoms with van der Waals surface area (Å²) in [5.74, 6) is 1.50. The SMILES string of the molecule is CC(C)c1ccc(COc2ccc(C(C)(C)CC(C)(C)C)cc2)cc1. The Morgan fingerprint density at radius 1 is 0.800 bits per heavy atom. The summed E-state index contributed by atoms with van der Waals surface area (Å²) >= 11 is 0. The van der Waals surface area contributed by atoms with Crippen LogP contribution in [0.1, 0.15) is 77.5 Å². The van der Waals surface area contributed by atoms with Gasteiger partial charge in [0.1, 0.15) is 12.4 Å². The summed E-state index contributed by atoms with van der Waals surface area (Å²) in [5, 5.41) is 0. The maximum Gasteiger partial charge on any atom is 0.119 e. The van der Waals surface area contributed by atoms with Crippen molar-refractivity contribution < 1.29 is 4.74 Å². The molecule has 2 rings (SSSR count). The quantitative estimate of drug-likeness (QED) is 0.545. The van der Waals surface area contributed by atoms with Crippen LogP contribution in [0.2, 0.25) is 0 Å². The molecule has 0 spiro atoms. The van der Waals surface area contributed by atoms with Crippen LogP contribution in [0.3, 0.4) is 0 Å². The predicted molar refractivity (Wildman–Crippen MR) is 108 cm³/mol. The minimum Gasteiger partial charge on any atom is -0.489 e. The summed E-state index contributed by atoms with van der Waals surface area (Å²) in [6.45, 7) is 16.6. The second-order valence-electron chi connectivity index (χ2n) is 9.33. The molecule has 1 heteroatoms. The molecule has 0 N–H and O–H groups in total. The number of rotatable bonds is 6. The van der Waals surface area contributed by atoms with E-state index < -0.39 is 0 Å². The maximum atomic E-state index is 5.96. The van der Waals surface area contributed by atoms with Gasteiger partial charge in [-0.1, -0.05) is 84.9 Å². The Kier molecular flexibility index (Phi) is 5.98. The van der Waals surface area contributed by atoms with E-state index in [4.69, 9.17) is 4.74 Å². The molecule has 0 saturated carbocycles. The third kappa shape index (κ3) is 5.92. The molecule has 25 heavy (non-hydrogen) atoms. The van der Waals surface area contributed by atoms with Crippen LogP contribution >= 0.6 is 0 Å². The summed E-state index contributed by atoms with van der Waals surface area (Å²) < 4.78 is 5.96. The van der Waals surface area contributed by atoms with Crippen molar-refractivity contribution in [2.75, 3.05) is 0 Å². The second kappa shape index (κ2) is 7.64. The zero-order chi connectivity index (χ0) is 18.7. The van der Waals surface area contributed by atoms with Gasteiger partial charge in [0.05, 0.1) is 0 Å². The fraction of sp³-hybridized carbons (Fsp3) is 0.500. The summed E-state index contributed by atoms with van der Waals surface area (Å²) in [4.78, 5) is 0. The van der Waals surface area contributed by atoms with Crippen molar-refractivity contribution in [3.05, 3.63) is 65.2 Å². The second-order valence-corrected chi connectivity index (χ2v) is 9.33. The zero-order valence-corrected chi connectivity index (χ0v) is 17.0. The van der Waals surface area contributed by atoms with Crippen LogP contribution in [0.25, 0.3) is 0 Å². The fourth-order valence-electron chi connectivity index (χ4n) is 3.60. The molecular weight excluding hydrogens is 304 g/mol. The topological polar surface area (TPSA) is 9.23 Å². The summed E-state index contributed by atoms with van der Waals surface area (Å²) in [6.07, 6.45) is 1.16. The van der Waals surface area contributed by atoms with Crippen molar-refractivity contribution in [3.63, 3.8) is 0 Å². The Labute approximate surface area is 154 Å². The van der Waals surface area contributed by atoms with Gasteiger partial charge in [-0.2, -0.15) is 0 Å². The van der Waals surface area contributed by atoms with E-state index in [-0.39, 0.29) is 5.41 Å². The van der Waals surface area contributed by atoms with E-state index in [1.165, 1.54) is 16.7 Å². The third-order valence-corrected chi connectivity index (χ3v) is 4.66. The van der Waals surface area contributed by atoms with Gasteiger partial charge in [0.15, 0.2) is 0 Å². The minimum atomic E-state index is 0.170. The van der Waals surface area contributed by atoms with Crippen LogP contribution in [0.15, 0.2) is 48.5 Å². The van der Waals surface area contributed by atoms with Crippen molar-refractivity contribution in [2.24, 2.45) is 5.41 Å². The molecule has 2 aromatic rings. The first-order valence-corrected chi connectivity index (χ1v) is 9.39. The molecule has 2 aromatic carbocycles. The van der Waals surface area contributed by atoms with Crippen LogP contribution < -0.4 is 4.74 Å². The Bertz CT molecular complexity index is 655. The lowest BCUT2D eigenvalue weighted by atomic mass is 9.72. The molecule has 0 aliphatic rings. The van der Waals surface area contributed by atoms with Crippen molar-refractivity contribution >= 4 is 0 Å². The summed E-state index contributed by atoms with van der Waals surface area (Å²) in [5.41, 5.74) is 4.44. The van der Waals surface area contributed by atoms with E-state index in [2.05, 4.69) is 97.0 Å². The van der Waals surface area contributed by atoms with E-state index >= 15 is 0 Å². The van der Waals surface area contributed by atoms with Gasteiger partial charge in [-0.3, -0.25) is 0 Å². The number of hydrogen-bond acceptors (Lipinski definition) is 1. The van der Waals surface area contributed by atoms with E-state index in [0.717, 1.165) is 12.2 Å². The standard InChI is InChI=1S/C24H34O/c1-18(2)20-10-8-19(9-11-20)16-25-22-14-12-21(13-15-22)24(6,7)17-23(3,4)5/h8-15,18H,16-17H2,1-7H3. The number of hydrogen-bond donors (Lipinski definition) is 0. The molecule has 0 bridgehead atoms. The van der Waals surface area contributed by atoms with Gasteiger partial charge in [-0.05, 0) is 52.0 Å². The van der Waals surface area contributed by atoms with Crippen molar-refractivity contribution in [3.8, 4) is 5.75 Å². The van der Waals surface area contributed by atoms with Gasteiger partial charge in [0.2, 0.25) is 0 Å². The molecule has 0 amide bonds. The molecule has 0 unspecified atom stereocenters. The first-order chi connectivity index (χ1) is 11.6. The smallest absolute Gasteiger partial charge is 0.119 e. The highest BCUT2D eigenvalue weighted by Gasteiger charge is 2.27. The molecule has 0 heterocycles. The average Bonchev–Trinajstić information content (AvgIpc) is 2.51. The molecular formula is C24H34O. The fourth-order valence-corrected chi connectivity index (χ4v) is 3.60. The van der Waals surface area contributed by atoms with Crippen molar-refractivity contribution in [1.82, 2.24) is 0 Å². The Balaban J connectivity index is 1.98. The molecule has 136 valence electrons. The van der Waals surface area contributed by atoms with Crippen LogP contribution in [0.5, 0.6) is 5.75 Å². The van der Waals surface area contributed by atoms with E-state index in [0.29, 0.717) is 17.9 Å². The molecule has 0 fully saturated rings. The van der Waals surface area contributed by atoms with Gasteiger partial charge in [-0.15, -0.1) is 0 Å². The van der Waals surface area contributed by atoms with Crippen molar-refractivity contribution in [1.29, 1.82) is 0 Å². The first-order valence-electron chi connectivity index (χ1n) is 9.39. The number of benzene rings is 2. The third-order valence-electron chi connectivity index (χ3n) is 4.66. The molecule has 0 aliphatic heterocycles. The highest BCUT2D eigenvalue weighted by atomic mass is 16.5. The highest BCUT2D eigenvalue weighted by Crippen LogP contribution is 2.36. The van der Waals surface area contributed by atoms with E-state index in [1.807, 2.05) is 0 Å². The van der Waals surface area contributed by atoms with Crippen molar-refractivity contribution in [2.45, 2.75) is 72.8 Å². The minimum absolute atomic E-state index is 0.170. The van der Waals surface area contributed by atoms with Crippen LogP contribution in [0.4, 0.5) is 0 Å². The Hall–Kier alpha value is -1.76. The predicted octanol–water partition coefficient (Wildman–Crippen LogP) is 7.10. The van der Waals surface area contributed by atoms with E-state index in [1.54, 1.807) is 0 Å². The van der Waals surface area contributed by atoms with Crippen LogP contribution in [0, 0.1) is 5.41 Å². The summed E-state index contributed by atoms with van der Waals surface area (Å²) in [6, 6.07) is 17.3. The lowest BCUT2D eigenvalue weighted by Gasteiger charge is -2.33. The zero-order valence-electron chi connectivity index (χ0n) is 17.0.